The van der Waals surface area contributed by atoms with Gasteiger partial charge in [0.2, 0.25) is 11.8 Å². The molecule has 7 nitrogen and oxygen atoms in total. The second kappa shape index (κ2) is 8.80. The molecule has 2 amide bonds. The molecule has 1 aliphatic rings. The molecule has 0 bridgehead atoms. The van der Waals surface area contributed by atoms with Crippen LogP contribution in [-0.2, 0) is 20.9 Å². The van der Waals surface area contributed by atoms with Gasteiger partial charge in [-0.2, -0.15) is 5.10 Å². The number of hydrogen-bond donors (Lipinski definition) is 1. The maximum atomic E-state index is 12.4. The van der Waals surface area contributed by atoms with Gasteiger partial charge in [0.05, 0.1) is 24.2 Å². The predicted octanol–water partition coefficient (Wildman–Crippen LogP) is 1.43. The Morgan fingerprint density at radius 2 is 2.19 bits per heavy atom. The summed E-state index contributed by atoms with van der Waals surface area (Å²) in [7, 11) is 1.61. The van der Waals surface area contributed by atoms with Gasteiger partial charge in [-0.3, -0.25) is 14.3 Å². The van der Waals surface area contributed by atoms with Crippen LogP contribution in [0.15, 0.2) is 30.5 Å². The first kappa shape index (κ1) is 18.4. The van der Waals surface area contributed by atoms with Crippen molar-refractivity contribution in [2.24, 2.45) is 5.92 Å². The number of nitrogens with one attached hydrogen (secondary N) is 1. The summed E-state index contributed by atoms with van der Waals surface area (Å²) in [5.74, 6) is 0.0111. The van der Waals surface area contributed by atoms with E-state index in [1.807, 2.05) is 29.1 Å². The molecule has 140 valence electrons. The first-order chi connectivity index (χ1) is 12.7. The van der Waals surface area contributed by atoms with Crippen molar-refractivity contribution in [2.75, 3.05) is 33.4 Å². The zero-order valence-electron chi connectivity index (χ0n) is 15.2. The Hall–Kier alpha value is -2.41. The fourth-order valence-electron chi connectivity index (χ4n) is 3.34. The monoisotopic (exact) mass is 358 g/mol. The maximum absolute atomic E-state index is 12.4. The number of carbonyl (C=O) groups excluding carboxylic acids is 2. The second-order valence-electron chi connectivity index (χ2n) is 6.64. The summed E-state index contributed by atoms with van der Waals surface area (Å²) in [4.78, 5) is 26.0. The summed E-state index contributed by atoms with van der Waals surface area (Å²) < 4.78 is 7.00. The average Bonchev–Trinajstić information content (AvgIpc) is 3.07. The minimum atomic E-state index is -0.130. The van der Waals surface area contributed by atoms with Crippen LogP contribution < -0.4 is 5.32 Å². The minimum Gasteiger partial charge on any atom is -0.383 e. The molecule has 2 heterocycles. The summed E-state index contributed by atoms with van der Waals surface area (Å²) in [5.41, 5.74) is 1.11. The van der Waals surface area contributed by atoms with E-state index in [0.717, 1.165) is 23.9 Å². The molecule has 0 aliphatic carbocycles. The fourth-order valence-corrected chi connectivity index (χ4v) is 3.34. The van der Waals surface area contributed by atoms with Crippen LogP contribution in [0.4, 0.5) is 0 Å². The summed E-state index contributed by atoms with van der Waals surface area (Å²) >= 11 is 0. The SMILES string of the molecule is COCCN1CC(C(=O)NCCCn2ncc3ccccc32)CCC1=O. The number of para-hydroxylation sites is 1. The number of benzene rings is 1. The molecule has 1 N–H and O–H groups in total. The Balaban J connectivity index is 1.43. The molecule has 0 saturated carbocycles. The fraction of sp³-hybridized carbons (Fsp3) is 0.526. The topological polar surface area (TPSA) is 76.5 Å². The Kier molecular flexibility index (Phi) is 6.22. The molecule has 1 aromatic heterocycles. The number of nitrogens with zero attached hydrogens (tertiary/aromatic N) is 3. The van der Waals surface area contributed by atoms with E-state index in [1.165, 1.54) is 0 Å². The lowest BCUT2D eigenvalue weighted by molar-refractivity contribution is -0.138. The van der Waals surface area contributed by atoms with Crippen molar-refractivity contribution in [1.29, 1.82) is 0 Å². The van der Waals surface area contributed by atoms with E-state index >= 15 is 0 Å². The number of carbonyl (C=O) groups is 2. The smallest absolute Gasteiger partial charge is 0.224 e. The molecule has 1 saturated heterocycles. The number of aromatic nitrogens is 2. The molecule has 2 aromatic rings. The standard InChI is InChI=1S/C19H26N4O3/c1-26-12-11-22-14-16(7-8-18(22)24)19(25)20-9-4-10-23-17-6-3-2-5-15(17)13-21-23/h2-3,5-6,13,16H,4,7-12,14H2,1H3,(H,20,25). The molecule has 1 atom stereocenters. The van der Waals surface area contributed by atoms with Crippen molar-refractivity contribution < 1.29 is 14.3 Å². The molecule has 0 spiro atoms. The van der Waals surface area contributed by atoms with Gasteiger partial charge in [0, 0.05) is 45.1 Å². The largest absolute Gasteiger partial charge is 0.383 e. The van der Waals surface area contributed by atoms with E-state index in [0.29, 0.717) is 39.1 Å². The highest BCUT2D eigenvalue weighted by Gasteiger charge is 2.29. The number of amides is 2. The number of rotatable bonds is 8. The van der Waals surface area contributed by atoms with Gasteiger partial charge in [-0.25, -0.2) is 0 Å². The van der Waals surface area contributed by atoms with Crippen LogP contribution in [0.3, 0.4) is 0 Å². The zero-order valence-corrected chi connectivity index (χ0v) is 15.2. The number of ether oxygens (including phenoxy) is 1. The number of methoxy groups -OCH3 is 1. The van der Waals surface area contributed by atoms with Crippen molar-refractivity contribution in [3.8, 4) is 0 Å². The van der Waals surface area contributed by atoms with Gasteiger partial charge in [0.15, 0.2) is 0 Å². The third-order valence-electron chi connectivity index (χ3n) is 4.83. The summed E-state index contributed by atoms with van der Waals surface area (Å²) in [6.07, 6.45) is 3.73. The van der Waals surface area contributed by atoms with E-state index in [1.54, 1.807) is 12.0 Å². The Morgan fingerprint density at radius 1 is 1.35 bits per heavy atom. The maximum Gasteiger partial charge on any atom is 0.224 e. The third-order valence-corrected chi connectivity index (χ3v) is 4.83. The molecule has 1 fully saturated rings. The van der Waals surface area contributed by atoms with Gasteiger partial charge >= 0.3 is 0 Å². The molecular formula is C19H26N4O3. The van der Waals surface area contributed by atoms with Crippen LogP contribution in [0.2, 0.25) is 0 Å². The van der Waals surface area contributed by atoms with Gasteiger partial charge in [0.1, 0.15) is 0 Å². The van der Waals surface area contributed by atoms with Crippen LogP contribution in [0.25, 0.3) is 10.9 Å². The zero-order chi connectivity index (χ0) is 18.4. The highest BCUT2D eigenvalue weighted by molar-refractivity contribution is 5.83. The molecule has 1 aromatic carbocycles. The van der Waals surface area contributed by atoms with Crippen LogP contribution in [0, 0.1) is 5.92 Å². The summed E-state index contributed by atoms with van der Waals surface area (Å²) in [6, 6.07) is 8.09. The first-order valence-corrected chi connectivity index (χ1v) is 9.14. The van der Waals surface area contributed by atoms with Crippen molar-refractivity contribution in [3.63, 3.8) is 0 Å². The number of likely N-dealkylation sites (tertiary alicyclic amines) is 1. The number of piperidine rings is 1. The minimum absolute atomic E-state index is 0.0326. The van der Waals surface area contributed by atoms with Gasteiger partial charge in [-0.15, -0.1) is 0 Å². The number of aryl methyl sites for hydroxylation is 1. The molecule has 1 unspecified atom stereocenters. The van der Waals surface area contributed by atoms with Gasteiger partial charge < -0.3 is 15.0 Å². The van der Waals surface area contributed by atoms with E-state index in [9.17, 15) is 9.59 Å². The normalized spacial score (nSPS) is 17.7. The van der Waals surface area contributed by atoms with E-state index < -0.39 is 0 Å². The van der Waals surface area contributed by atoms with Crippen LogP contribution in [0.1, 0.15) is 19.3 Å². The first-order valence-electron chi connectivity index (χ1n) is 9.14. The van der Waals surface area contributed by atoms with Crippen molar-refractivity contribution >= 4 is 22.7 Å². The molecular weight excluding hydrogens is 332 g/mol. The lowest BCUT2D eigenvalue weighted by Gasteiger charge is -2.31. The average molecular weight is 358 g/mol. The van der Waals surface area contributed by atoms with Gasteiger partial charge in [-0.1, -0.05) is 18.2 Å². The Bertz CT molecular complexity index is 758. The molecule has 1 aliphatic heterocycles. The van der Waals surface area contributed by atoms with Crippen LogP contribution >= 0.6 is 0 Å². The highest BCUT2D eigenvalue weighted by atomic mass is 16.5. The van der Waals surface area contributed by atoms with Crippen molar-refractivity contribution in [1.82, 2.24) is 20.0 Å². The van der Waals surface area contributed by atoms with E-state index in [-0.39, 0.29) is 17.7 Å². The summed E-state index contributed by atoms with van der Waals surface area (Å²) in [5, 5.41) is 8.53. The molecule has 26 heavy (non-hydrogen) atoms. The quantitative estimate of drug-likeness (QED) is 0.724. The molecule has 3 rings (SSSR count). The third kappa shape index (κ3) is 4.40. The lowest BCUT2D eigenvalue weighted by Crippen LogP contribution is -2.46. The van der Waals surface area contributed by atoms with E-state index in [2.05, 4.69) is 16.5 Å². The lowest BCUT2D eigenvalue weighted by atomic mass is 9.96. The number of hydrogen-bond acceptors (Lipinski definition) is 4. The van der Waals surface area contributed by atoms with Crippen LogP contribution in [-0.4, -0.2) is 59.8 Å². The van der Waals surface area contributed by atoms with E-state index in [4.69, 9.17) is 4.74 Å². The van der Waals surface area contributed by atoms with Gasteiger partial charge in [-0.05, 0) is 18.9 Å². The Morgan fingerprint density at radius 3 is 3.04 bits per heavy atom. The van der Waals surface area contributed by atoms with Gasteiger partial charge in [0.25, 0.3) is 0 Å². The summed E-state index contributed by atoms with van der Waals surface area (Å²) in [6.45, 7) is 2.90. The second-order valence-corrected chi connectivity index (χ2v) is 6.64. The Labute approximate surface area is 153 Å². The number of fused-ring (bicyclic) bond motifs is 1. The molecule has 0 radical (unpaired) electrons. The molecule has 7 heteroatoms. The van der Waals surface area contributed by atoms with Crippen molar-refractivity contribution in [2.45, 2.75) is 25.8 Å². The predicted molar refractivity (Wildman–Crippen MR) is 98.5 cm³/mol. The highest BCUT2D eigenvalue weighted by Crippen LogP contribution is 2.17. The van der Waals surface area contributed by atoms with Crippen LogP contribution in [0.5, 0.6) is 0 Å². The van der Waals surface area contributed by atoms with Crippen molar-refractivity contribution in [3.05, 3.63) is 30.5 Å².